The maximum atomic E-state index is 13.2. The summed E-state index contributed by atoms with van der Waals surface area (Å²) in [7, 11) is 0. The standard InChI is InChI=1S/C23H22N2O4S2/c1-2-28-18-10-8-17(9-11-18)25-22(27)21-19(12-13-30-21)24-23(25)31-15-20(26)29-14-16-6-4-3-5-7-16/h3-11H,2,12-15H2,1H3. The highest BCUT2D eigenvalue weighted by Gasteiger charge is 2.23. The summed E-state index contributed by atoms with van der Waals surface area (Å²) >= 11 is 2.75. The van der Waals surface area contributed by atoms with Gasteiger partial charge in [-0.05, 0) is 36.8 Å². The summed E-state index contributed by atoms with van der Waals surface area (Å²) in [5, 5.41) is 0.493. The van der Waals surface area contributed by atoms with E-state index in [2.05, 4.69) is 0 Å². The highest BCUT2D eigenvalue weighted by atomic mass is 32.2. The summed E-state index contributed by atoms with van der Waals surface area (Å²) in [6.45, 7) is 2.72. The van der Waals surface area contributed by atoms with Crippen LogP contribution in [0.25, 0.3) is 5.69 Å². The number of aryl methyl sites for hydroxylation is 1. The van der Waals surface area contributed by atoms with E-state index in [0.29, 0.717) is 22.3 Å². The lowest BCUT2D eigenvalue weighted by molar-refractivity contribution is -0.141. The first-order valence-electron chi connectivity index (χ1n) is 10.00. The van der Waals surface area contributed by atoms with Crippen molar-refractivity contribution < 1.29 is 14.3 Å². The number of carbonyl (C=O) groups is 1. The lowest BCUT2D eigenvalue weighted by Crippen LogP contribution is -2.24. The molecule has 6 nitrogen and oxygen atoms in total. The van der Waals surface area contributed by atoms with Crippen molar-refractivity contribution in [1.82, 2.24) is 9.55 Å². The van der Waals surface area contributed by atoms with E-state index in [1.165, 1.54) is 23.5 Å². The SMILES string of the molecule is CCOc1ccc(-n2c(SCC(=O)OCc3ccccc3)nc3c(c2=O)SCC3)cc1. The monoisotopic (exact) mass is 454 g/mol. The average molecular weight is 455 g/mol. The molecule has 1 aromatic heterocycles. The van der Waals surface area contributed by atoms with E-state index < -0.39 is 0 Å². The largest absolute Gasteiger partial charge is 0.494 e. The summed E-state index contributed by atoms with van der Waals surface area (Å²) in [4.78, 5) is 30.9. The first-order valence-corrected chi connectivity index (χ1v) is 12.0. The van der Waals surface area contributed by atoms with Gasteiger partial charge in [-0.15, -0.1) is 11.8 Å². The van der Waals surface area contributed by atoms with Crippen LogP contribution in [0.5, 0.6) is 5.75 Å². The van der Waals surface area contributed by atoms with Gasteiger partial charge >= 0.3 is 5.97 Å². The smallest absolute Gasteiger partial charge is 0.316 e. The van der Waals surface area contributed by atoms with Crippen LogP contribution in [0.15, 0.2) is 69.4 Å². The number of thioether (sulfide) groups is 2. The minimum absolute atomic E-state index is 0.0717. The van der Waals surface area contributed by atoms with Crippen LogP contribution in [0.4, 0.5) is 0 Å². The molecule has 0 amide bonds. The number of ether oxygens (including phenoxy) is 2. The third-order valence-electron chi connectivity index (χ3n) is 4.63. The van der Waals surface area contributed by atoms with Gasteiger partial charge < -0.3 is 9.47 Å². The predicted octanol–water partition coefficient (Wildman–Crippen LogP) is 4.11. The number of aromatic nitrogens is 2. The average Bonchev–Trinajstić information content (AvgIpc) is 3.27. The normalized spacial score (nSPS) is 12.4. The number of benzene rings is 2. The topological polar surface area (TPSA) is 70.4 Å². The van der Waals surface area contributed by atoms with Crippen LogP contribution >= 0.6 is 23.5 Å². The molecule has 160 valence electrons. The van der Waals surface area contributed by atoms with Gasteiger partial charge in [-0.3, -0.25) is 14.2 Å². The van der Waals surface area contributed by atoms with Gasteiger partial charge in [0.15, 0.2) is 5.16 Å². The molecule has 2 aromatic carbocycles. The highest BCUT2D eigenvalue weighted by molar-refractivity contribution is 8.00. The Balaban J connectivity index is 1.54. The van der Waals surface area contributed by atoms with E-state index in [9.17, 15) is 9.59 Å². The van der Waals surface area contributed by atoms with Crippen molar-refractivity contribution in [3.63, 3.8) is 0 Å². The van der Waals surface area contributed by atoms with E-state index >= 15 is 0 Å². The molecule has 31 heavy (non-hydrogen) atoms. The number of fused-ring (bicyclic) bond motifs is 1. The third kappa shape index (κ3) is 5.14. The first-order chi connectivity index (χ1) is 15.2. The van der Waals surface area contributed by atoms with E-state index in [1.807, 2.05) is 61.5 Å². The second kappa shape index (κ2) is 10.1. The molecule has 8 heteroatoms. The van der Waals surface area contributed by atoms with Crippen LogP contribution in [0.2, 0.25) is 0 Å². The summed E-state index contributed by atoms with van der Waals surface area (Å²) in [6.07, 6.45) is 0.755. The van der Waals surface area contributed by atoms with E-state index in [0.717, 1.165) is 29.2 Å². The second-order valence-electron chi connectivity index (χ2n) is 6.77. The minimum Gasteiger partial charge on any atom is -0.494 e. The maximum absolute atomic E-state index is 13.2. The Morgan fingerprint density at radius 2 is 1.94 bits per heavy atom. The summed E-state index contributed by atoms with van der Waals surface area (Å²) in [6, 6.07) is 16.9. The molecule has 0 N–H and O–H groups in total. The zero-order chi connectivity index (χ0) is 21.6. The Bertz CT molecular complexity index is 1110. The number of rotatable bonds is 8. The molecule has 2 heterocycles. The van der Waals surface area contributed by atoms with Crippen LogP contribution in [-0.2, 0) is 22.6 Å². The number of esters is 1. The number of nitrogens with zero attached hydrogens (tertiary/aromatic N) is 2. The van der Waals surface area contributed by atoms with Crippen molar-refractivity contribution in [2.45, 2.75) is 30.0 Å². The lowest BCUT2D eigenvalue weighted by Gasteiger charge is -2.14. The van der Waals surface area contributed by atoms with Gasteiger partial charge in [-0.1, -0.05) is 42.1 Å². The van der Waals surface area contributed by atoms with E-state index in [-0.39, 0.29) is 23.9 Å². The molecule has 0 saturated carbocycles. The van der Waals surface area contributed by atoms with Crippen LogP contribution in [0.3, 0.4) is 0 Å². The molecule has 4 rings (SSSR count). The van der Waals surface area contributed by atoms with Crippen molar-refractivity contribution in [1.29, 1.82) is 0 Å². The fraction of sp³-hybridized carbons (Fsp3) is 0.261. The Hall–Kier alpha value is -2.71. The minimum atomic E-state index is -0.351. The number of hydrogen-bond donors (Lipinski definition) is 0. The van der Waals surface area contributed by atoms with Gasteiger partial charge in [0.1, 0.15) is 12.4 Å². The molecule has 0 unspecified atom stereocenters. The number of hydrogen-bond acceptors (Lipinski definition) is 7. The van der Waals surface area contributed by atoms with Gasteiger partial charge in [0.25, 0.3) is 5.56 Å². The fourth-order valence-corrected chi connectivity index (χ4v) is 5.03. The van der Waals surface area contributed by atoms with Crippen molar-refractivity contribution in [2.24, 2.45) is 0 Å². The number of carbonyl (C=O) groups excluding carboxylic acids is 1. The van der Waals surface area contributed by atoms with Crippen LogP contribution < -0.4 is 10.3 Å². The van der Waals surface area contributed by atoms with Crippen molar-refractivity contribution in [2.75, 3.05) is 18.1 Å². The molecule has 1 aliphatic rings. The van der Waals surface area contributed by atoms with Crippen molar-refractivity contribution in [3.05, 3.63) is 76.2 Å². The van der Waals surface area contributed by atoms with Gasteiger partial charge in [-0.25, -0.2) is 4.98 Å². The van der Waals surface area contributed by atoms with Gasteiger partial charge in [-0.2, -0.15) is 0 Å². The zero-order valence-corrected chi connectivity index (χ0v) is 18.7. The molecule has 0 radical (unpaired) electrons. The molecular formula is C23H22N2O4S2. The Kier molecular flexibility index (Phi) is 6.99. The second-order valence-corrected chi connectivity index (χ2v) is 8.82. The van der Waals surface area contributed by atoms with Crippen molar-refractivity contribution >= 4 is 29.5 Å². The maximum Gasteiger partial charge on any atom is 0.316 e. The molecule has 0 aliphatic carbocycles. The molecule has 0 spiro atoms. The van der Waals surface area contributed by atoms with Crippen molar-refractivity contribution in [3.8, 4) is 11.4 Å². The summed E-state index contributed by atoms with van der Waals surface area (Å²) < 4.78 is 12.4. The molecule has 0 saturated heterocycles. The Morgan fingerprint density at radius 1 is 1.16 bits per heavy atom. The molecular weight excluding hydrogens is 432 g/mol. The molecule has 0 fully saturated rings. The lowest BCUT2D eigenvalue weighted by atomic mass is 10.2. The third-order valence-corrected chi connectivity index (χ3v) is 6.65. The Labute approximate surface area is 189 Å². The van der Waals surface area contributed by atoms with E-state index in [4.69, 9.17) is 14.5 Å². The molecule has 1 aliphatic heterocycles. The zero-order valence-electron chi connectivity index (χ0n) is 17.1. The van der Waals surface area contributed by atoms with Crippen LogP contribution in [0, 0.1) is 0 Å². The van der Waals surface area contributed by atoms with Gasteiger partial charge in [0, 0.05) is 12.2 Å². The Morgan fingerprint density at radius 3 is 2.68 bits per heavy atom. The van der Waals surface area contributed by atoms with Gasteiger partial charge in [0.2, 0.25) is 0 Å². The van der Waals surface area contributed by atoms with E-state index in [1.54, 1.807) is 4.57 Å². The first kappa shape index (κ1) is 21.5. The molecule has 3 aromatic rings. The highest BCUT2D eigenvalue weighted by Crippen LogP contribution is 2.30. The fourth-order valence-electron chi connectivity index (χ4n) is 3.18. The molecule has 0 atom stereocenters. The quantitative estimate of drug-likeness (QED) is 0.288. The van der Waals surface area contributed by atoms with Gasteiger partial charge in [0.05, 0.1) is 28.6 Å². The molecule has 0 bridgehead atoms. The predicted molar refractivity (Wildman–Crippen MR) is 122 cm³/mol. The van der Waals surface area contributed by atoms with Crippen LogP contribution in [0.1, 0.15) is 18.2 Å². The summed E-state index contributed by atoms with van der Waals surface area (Å²) in [5.41, 5.74) is 2.32. The summed E-state index contributed by atoms with van der Waals surface area (Å²) in [5.74, 6) is 1.30. The van der Waals surface area contributed by atoms with Crippen LogP contribution in [-0.4, -0.2) is 33.6 Å².